The number of carboxylic acid groups (broad SMARTS) is 1. The average molecular weight is 485 g/mol. The van der Waals surface area contributed by atoms with E-state index in [9.17, 15) is 9.18 Å². The zero-order chi connectivity index (χ0) is 25.0. The molecule has 36 heavy (non-hydrogen) atoms. The van der Waals surface area contributed by atoms with Crippen molar-refractivity contribution in [2.45, 2.75) is 19.8 Å². The number of aryl methyl sites for hydroxylation is 2. The van der Waals surface area contributed by atoms with E-state index >= 15 is 0 Å². The van der Waals surface area contributed by atoms with Gasteiger partial charge in [-0.15, -0.1) is 0 Å². The minimum absolute atomic E-state index is 0.139. The average Bonchev–Trinajstić information content (AvgIpc) is 3.55. The predicted molar refractivity (Wildman–Crippen MR) is 136 cm³/mol. The van der Waals surface area contributed by atoms with Crippen molar-refractivity contribution < 1.29 is 14.3 Å². The van der Waals surface area contributed by atoms with E-state index in [1.54, 1.807) is 10.9 Å². The number of fused-ring (bicyclic) bond motifs is 2. The molecule has 0 radical (unpaired) electrons. The van der Waals surface area contributed by atoms with Crippen LogP contribution in [0.25, 0.3) is 38.8 Å². The van der Waals surface area contributed by atoms with E-state index in [0.717, 1.165) is 46.3 Å². The molecule has 1 saturated heterocycles. The van der Waals surface area contributed by atoms with E-state index in [1.165, 1.54) is 12.1 Å². The number of carboxylic acids is 1. The minimum Gasteiger partial charge on any atom is -0.481 e. The van der Waals surface area contributed by atoms with Crippen molar-refractivity contribution in [3.63, 3.8) is 0 Å². The normalized spacial score (nSPS) is 15.9. The van der Waals surface area contributed by atoms with E-state index in [2.05, 4.69) is 15.0 Å². The maximum Gasteiger partial charge on any atom is 0.303 e. The van der Waals surface area contributed by atoms with E-state index < -0.39 is 5.97 Å². The number of anilines is 1. The number of hydrogen-bond donors (Lipinski definition) is 1. The highest BCUT2D eigenvalue weighted by atomic mass is 19.1. The molecule has 1 aliphatic heterocycles. The molecule has 9 heteroatoms. The molecule has 2 aromatic carbocycles. The number of para-hydroxylation sites is 1. The smallest absolute Gasteiger partial charge is 0.303 e. The molecule has 8 nitrogen and oxygen atoms in total. The van der Waals surface area contributed by atoms with Crippen molar-refractivity contribution in [3.8, 4) is 16.9 Å². The van der Waals surface area contributed by atoms with Gasteiger partial charge in [0.15, 0.2) is 0 Å². The van der Waals surface area contributed by atoms with Crippen LogP contribution in [0.5, 0.6) is 0 Å². The van der Waals surface area contributed by atoms with Gasteiger partial charge in [-0.3, -0.25) is 9.48 Å². The third-order valence-corrected chi connectivity index (χ3v) is 6.91. The summed E-state index contributed by atoms with van der Waals surface area (Å²) < 4.78 is 18.1. The largest absolute Gasteiger partial charge is 0.481 e. The molecule has 1 aliphatic rings. The summed E-state index contributed by atoms with van der Waals surface area (Å²) in [5.41, 5.74) is 4.74. The molecule has 0 spiro atoms. The SMILES string of the molecule is Cc1cccc2c(-c3cc(F)cc4nn(C)cc34)nn(-c3ccc(N4CC[C@H](CC(=O)O)C4)nc3)c12. The molecule has 0 amide bonds. The first-order valence-corrected chi connectivity index (χ1v) is 11.9. The highest BCUT2D eigenvalue weighted by Gasteiger charge is 2.25. The molecule has 0 unspecified atom stereocenters. The second-order valence-corrected chi connectivity index (χ2v) is 9.49. The third kappa shape index (κ3) is 3.77. The molecule has 3 aromatic heterocycles. The van der Waals surface area contributed by atoms with Gasteiger partial charge in [-0.25, -0.2) is 14.1 Å². The number of nitrogens with zero attached hydrogens (tertiary/aromatic N) is 6. The van der Waals surface area contributed by atoms with Gasteiger partial charge in [0.25, 0.3) is 0 Å². The molecule has 1 atom stereocenters. The summed E-state index contributed by atoms with van der Waals surface area (Å²) in [6, 6.07) is 12.9. The summed E-state index contributed by atoms with van der Waals surface area (Å²) in [6.07, 6.45) is 4.70. The van der Waals surface area contributed by atoms with Crippen molar-refractivity contribution in [2.24, 2.45) is 13.0 Å². The van der Waals surface area contributed by atoms with Crippen LogP contribution in [-0.2, 0) is 11.8 Å². The highest BCUT2D eigenvalue weighted by molar-refractivity contribution is 6.03. The number of aromatic nitrogens is 5. The first-order valence-electron chi connectivity index (χ1n) is 11.9. The van der Waals surface area contributed by atoms with Crippen molar-refractivity contribution in [2.75, 3.05) is 18.0 Å². The third-order valence-electron chi connectivity index (χ3n) is 6.91. The Balaban J connectivity index is 1.43. The number of rotatable bonds is 5. The molecule has 0 aliphatic carbocycles. The molecule has 182 valence electrons. The van der Waals surface area contributed by atoms with Gasteiger partial charge in [-0.1, -0.05) is 18.2 Å². The number of hydrogen-bond acceptors (Lipinski definition) is 5. The Labute approximate surface area is 206 Å². The zero-order valence-electron chi connectivity index (χ0n) is 20.0. The lowest BCUT2D eigenvalue weighted by Crippen LogP contribution is -2.21. The molecule has 0 saturated carbocycles. The van der Waals surface area contributed by atoms with Crippen LogP contribution in [0.3, 0.4) is 0 Å². The van der Waals surface area contributed by atoms with Crippen LogP contribution in [0.15, 0.2) is 54.9 Å². The summed E-state index contributed by atoms with van der Waals surface area (Å²) >= 11 is 0. The second-order valence-electron chi connectivity index (χ2n) is 9.49. The van der Waals surface area contributed by atoms with Crippen LogP contribution in [0.1, 0.15) is 18.4 Å². The van der Waals surface area contributed by atoms with Gasteiger partial charge >= 0.3 is 5.97 Å². The minimum atomic E-state index is -0.760. The quantitative estimate of drug-likeness (QED) is 0.388. The summed E-state index contributed by atoms with van der Waals surface area (Å²) in [6.45, 7) is 3.51. The van der Waals surface area contributed by atoms with E-state index in [4.69, 9.17) is 10.2 Å². The van der Waals surface area contributed by atoms with Gasteiger partial charge < -0.3 is 10.0 Å². The van der Waals surface area contributed by atoms with Crippen molar-refractivity contribution >= 4 is 33.6 Å². The molecule has 0 bridgehead atoms. The van der Waals surface area contributed by atoms with Crippen LogP contribution in [0.2, 0.25) is 0 Å². The Morgan fingerprint density at radius 2 is 2.03 bits per heavy atom. The summed E-state index contributed by atoms with van der Waals surface area (Å²) in [4.78, 5) is 17.9. The van der Waals surface area contributed by atoms with Gasteiger partial charge in [0.1, 0.15) is 17.3 Å². The Morgan fingerprint density at radius 3 is 2.81 bits per heavy atom. The fourth-order valence-electron chi connectivity index (χ4n) is 5.27. The van der Waals surface area contributed by atoms with Gasteiger partial charge in [0.05, 0.1) is 22.9 Å². The second kappa shape index (κ2) is 8.44. The molecular weight excluding hydrogens is 459 g/mol. The zero-order valence-corrected chi connectivity index (χ0v) is 20.0. The Bertz CT molecular complexity index is 1620. The van der Waals surface area contributed by atoms with Gasteiger partial charge in [-0.05, 0) is 43.0 Å². The number of aliphatic carboxylic acids is 1. The summed E-state index contributed by atoms with van der Waals surface area (Å²) in [5.74, 6) is -0.157. The van der Waals surface area contributed by atoms with E-state index in [1.807, 2.05) is 55.2 Å². The van der Waals surface area contributed by atoms with Crippen LogP contribution in [0.4, 0.5) is 10.2 Å². The fourth-order valence-corrected chi connectivity index (χ4v) is 5.27. The molecule has 6 rings (SSSR count). The number of pyridine rings is 1. The Kier molecular flexibility index (Phi) is 5.21. The molecule has 1 fully saturated rings. The van der Waals surface area contributed by atoms with Gasteiger partial charge in [0, 0.05) is 55.2 Å². The first kappa shape index (κ1) is 22.2. The summed E-state index contributed by atoms with van der Waals surface area (Å²) in [5, 5.41) is 20.2. The maximum atomic E-state index is 14.6. The lowest BCUT2D eigenvalue weighted by atomic mass is 10.0. The van der Waals surface area contributed by atoms with Crippen molar-refractivity contribution in [3.05, 3.63) is 66.2 Å². The van der Waals surface area contributed by atoms with Crippen LogP contribution in [0, 0.1) is 18.7 Å². The van der Waals surface area contributed by atoms with Gasteiger partial charge in [0.2, 0.25) is 0 Å². The number of benzene rings is 2. The fraction of sp³-hybridized carbons (Fsp3) is 0.259. The predicted octanol–water partition coefficient (Wildman–Crippen LogP) is 4.72. The van der Waals surface area contributed by atoms with Crippen LogP contribution in [-0.4, -0.2) is 48.7 Å². The van der Waals surface area contributed by atoms with Crippen LogP contribution >= 0.6 is 0 Å². The van der Waals surface area contributed by atoms with E-state index in [0.29, 0.717) is 23.3 Å². The van der Waals surface area contributed by atoms with Gasteiger partial charge in [-0.2, -0.15) is 10.2 Å². The maximum absolute atomic E-state index is 14.6. The Hall–Kier alpha value is -4.27. The first-order chi connectivity index (χ1) is 17.4. The standard InChI is InChI=1S/C27H25FN6O2/c1-16-4-3-5-20-26(21-11-18(28)12-23-22(21)15-32(2)30-23)31-34(27(16)20)19-6-7-24(29-13-19)33-9-8-17(14-33)10-25(35)36/h3-7,11-13,15,17H,8-10,14H2,1-2H3,(H,35,36)/t17-/m1/s1. The van der Waals surface area contributed by atoms with Crippen LogP contribution < -0.4 is 4.90 Å². The highest BCUT2D eigenvalue weighted by Crippen LogP contribution is 2.36. The lowest BCUT2D eigenvalue weighted by Gasteiger charge is -2.17. The molecular formula is C27H25FN6O2. The van der Waals surface area contributed by atoms with Crippen molar-refractivity contribution in [1.29, 1.82) is 0 Å². The topological polar surface area (TPSA) is 89.1 Å². The lowest BCUT2D eigenvalue weighted by molar-refractivity contribution is -0.137. The monoisotopic (exact) mass is 484 g/mol. The Morgan fingerprint density at radius 1 is 1.17 bits per heavy atom. The number of halogens is 1. The number of carbonyl (C=O) groups is 1. The van der Waals surface area contributed by atoms with Crippen molar-refractivity contribution in [1.82, 2.24) is 24.5 Å². The molecule has 4 heterocycles. The summed E-state index contributed by atoms with van der Waals surface area (Å²) in [7, 11) is 1.82. The molecule has 5 aromatic rings. The molecule has 1 N–H and O–H groups in total. The van der Waals surface area contributed by atoms with E-state index in [-0.39, 0.29) is 18.2 Å².